The zero-order chi connectivity index (χ0) is 45.1. The van der Waals surface area contributed by atoms with E-state index in [-0.39, 0.29) is 18.5 Å². The Balaban J connectivity index is 0.000000277. The van der Waals surface area contributed by atoms with Crippen LogP contribution >= 0.6 is 0 Å². The van der Waals surface area contributed by atoms with Gasteiger partial charge in [0, 0.05) is 51.6 Å². The molecule has 19 heteroatoms. The van der Waals surface area contributed by atoms with Crippen molar-refractivity contribution < 1.29 is 47.1 Å². The number of nitrogens with zero attached hydrogens (tertiary/aromatic N) is 6. The number of nitrogen functional groups attached to an aromatic ring is 2. The van der Waals surface area contributed by atoms with E-state index in [1.165, 1.54) is 11.9 Å². The van der Waals surface area contributed by atoms with Crippen LogP contribution in [0.5, 0.6) is 0 Å². The molecule has 63 heavy (non-hydrogen) atoms. The number of amides is 1. The van der Waals surface area contributed by atoms with E-state index in [1.54, 1.807) is 0 Å². The summed E-state index contributed by atoms with van der Waals surface area (Å²) in [5, 5.41) is 5.56. The van der Waals surface area contributed by atoms with E-state index in [0.29, 0.717) is 139 Å². The third-order valence-electron chi connectivity index (χ3n) is 9.37. The minimum atomic E-state index is 0.0240. The molecule has 0 fully saturated rings. The maximum atomic E-state index is 12.4. The lowest BCUT2D eigenvalue weighted by Crippen LogP contribution is -2.38. The number of carbonyl (C=O) groups is 1. The molecule has 5 aromatic rings. The molecule has 0 aliphatic carbocycles. The molecule has 2 aromatic carbocycles. The summed E-state index contributed by atoms with van der Waals surface area (Å²) in [6, 6.07) is 12.0. The van der Waals surface area contributed by atoms with Crippen LogP contribution in [0, 0.1) is 0 Å². The maximum Gasteiger partial charge on any atom is 0.292 e. The first kappa shape index (κ1) is 50.8. The van der Waals surface area contributed by atoms with Crippen molar-refractivity contribution in [1.29, 1.82) is 0 Å². The van der Waals surface area contributed by atoms with Gasteiger partial charge in [0.1, 0.15) is 30.0 Å². The van der Waals surface area contributed by atoms with Crippen LogP contribution in [-0.2, 0) is 62.2 Å². The molecule has 1 amide bonds. The van der Waals surface area contributed by atoms with E-state index in [4.69, 9.17) is 64.6 Å². The van der Waals surface area contributed by atoms with Gasteiger partial charge in [-0.25, -0.2) is 14.6 Å². The van der Waals surface area contributed by atoms with E-state index < -0.39 is 0 Å². The fraction of sp³-hybridized carbons (Fsp3) is 0.568. The quantitative estimate of drug-likeness (QED) is 0.0668. The molecule has 348 valence electrons. The lowest BCUT2D eigenvalue weighted by atomic mass is 9.97. The van der Waals surface area contributed by atoms with Crippen LogP contribution in [0.3, 0.4) is 0 Å². The molecule has 1 aliphatic rings. The highest BCUT2D eigenvalue weighted by Crippen LogP contribution is 2.33. The highest BCUT2D eigenvalue weighted by Gasteiger charge is 2.22. The lowest BCUT2D eigenvalue weighted by Gasteiger charge is -2.29. The van der Waals surface area contributed by atoms with Crippen LogP contribution < -0.4 is 17.2 Å². The van der Waals surface area contributed by atoms with Crippen molar-refractivity contribution in [2.75, 3.05) is 130 Å². The molecule has 0 radical (unpaired) electrons. The molecule has 3 aromatic heterocycles. The Morgan fingerprint density at radius 1 is 0.714 bits per heavy atom. The summed E-state index contributed by atoms with van der Waals surface area (Å²) in [5.41, 5.74) is 24.0. The standard InChI is InChI=1S/C26H26N8O3.C10H22O4.C8H19NO3/c1-2-36-13-21(35)33-8-7-16-9-15(3-4-18(16)12-33)11-34-25-22(24(27)29-14-30-25)23(32-34)17-5-6-20-19(10-17)31-26(28)37-20;1-3-11-5-7-13-9-10-14-8-6-12-4-2;1-2-10-5-6-12-8-7-11-4-3-9/h3-6,9-10,14H,2,7-8,11-13H2,1H3,(H2,28,31)(H2,27,29,30);3-10H2,1-2H3;2-9H2,1H3. The molecule has 6 rings (SSSR count). The monoisotopic (exact) mass is 882 g/mol. The van der Waals surface area contributed by atoms with Crippen LogP contribution in [0.4, 0.5) is 11.8 Å². The second-order valence-corrected chi connectivity index (χ2v) is 13.8. The number of nitrogens with two attached hydrogens (primary N) is 3. The Morgan fingerprint density at radius 2 is 1.32 bits per heavy atom. The van der Waals surface area contributed by atoms with Gasteiger partial charge >= 0.3 is 0 Å². The van der Waals surface area contributed by atoms with Crippen molar-refractivity contribution >= 4 is 39.9 Å². The molecule has 19 nitrogen and oxygen atoms in total. The van der Waals surface area contributed by atoms with Gasteiger partial charge in [-0.2, -0.15) is 10.1 Å². The van der Waals surface area contributed by atoms with Gasteiger partial charge in [0.2, 0.25) is 5.91 Å². The number of anilines is 2. The number of aromatic nitrogens is 5. The van der Waals surface area contributed by atoms with Gasteiger partial charge in [0.05, 0.1) is 84.6 Å². The number of rotatable bonds is 26. The number of hydrogen-bond donors (Lipinski definition) is 3. The average molecular weight is 882 g/mol. The predicted molar refractivity (Wildman–Crippen MR) is 240 cm³/mol. The summed E-state index contributed by atoms with van der Waals surface area (Å²) in [6.45, 7) is 20.0. The summed E-state index contributed by atoms with van der Waals surface area (Å²) in [6.07, 6.45) is 2.24. The fourth-order valence-corrected chi connectivity index (χ4v) is 6.32. The van der Waals surface area contributed by atoms with Crippen molar-refractivity contribution in [2.24, 2.45) is 5.73 Å². The predicted octanol–water partition coefficient (Wildman–Crippen LogP) is 3.88. The number of hydrogen-bond acceptors (Lipinski definition) is 17. The summed E-state index contributed by atoms with van der Waals surface area (Å²) in [4.78, 5) is 27.1. The summed E-state index contributed by atoms with van der Waals surface area (Å²) >= 11 is 0. The second kappa shape index (κ2) is 29.5. The first-order valence-corrected chi connectivity index (χ1v) is 21.7. The van der Waals surface area contributed by atoms with Gasteiger partial charge in [-0.1, -0.05) is 18.2 Å². The van der Waals surface area contributed by atoms with Gasteiger partial charge in [0.15, 0.2) is 11.2 Å². The van der Waals surface area contributed by atoms with Gasteiger partial charge in [-0.05, 0) is 69.0 Å². The molecule has 0 bridgehead atoms. The summed E-state index contributed by atoms with van der Waals surface area (Å²) < 4.78 is 48.6. The molecule has 0 saturated carbocycles. The van der Waals surface area contributed by atoms with E-state index >= 15 is 0 Å². The van der Waals surface area contributed by atoms with Crippen LogP contribution in [0.25, 0.3) is 33.4 Å². The number of oxazole rings is 1. The highest BCUT2D eigenvalue weighted by molar-refractivity contribution is 5.99. The topological polar surface area (TPSA) is 242 Å². The van der Waals surface area contributed by atoms with Crippen molar-refractivity contribution in [1.82, 2.24) is 29.6 Å². The lowest BCUT2D eigenvalue weighted by molar-refractivity contribution is -0.136. The van der Waals surface area contributed by atoms with Gasteiger partial charge in [-0.15, -0.1) is 0 Å². The number of fused-ring (bicyclic) bond motifs is 3. The second-order valence-electron chi connectivity index (χ2n) is 13.8. The fourth-order valence-electron chi connectivity index (χ4n) is 6.32. The van der Waals surface area contributed by atoms with Gasteiger partial charge in [0.25, 0.3) is 6.01 Å². The Bertz CT molecular complexity index is 2020. The molecule has 4 heterocycles. The smallest absolute Gasteiger partial charge is 0.292 e. The first-order chi connectivity index (χ1) is 30.8. The van der Waals surface area contributed by atoms with Crippen molar-refractivity contribution in [3.05, 3.63) is 59.4 Å². The summed E-state index contributed by atoms with van der Waals surface area (Å²) in [5.74, 6) is 0.379. The third-order valence-corrected chi connectivity index (χ3v) is 9.37. The van der Waals surface area contributed by atoms with Crippen LogP contribution in [0.15, 0.2) is 47.1 Å². The van der Waals surface area contributed by atoms with E-state index in [1.807, 2.05) is 55.5 Å². The molecule has 0 atom stereocenters. The van der Waals surface area contributed by atoms with Gasteiger partial charge < -0.3 is 64.4 Å². The highest BCUT2D eigenvalue weighted by atomic mass is 16.6. The van der Waals surface area contributed by atoms with Crippen molar-refractivity contribution in [2.45, 2.75) is 47.2 Å². The normalized spacial score (nSPS) is 12.2. The SMILES string of the molecule is CCOCC(=O)N1CCc2cc(Cn3nc(-c4ccc5oc(N)nc5c4)c4c(N)ncnc43)ccc2C1.CCOCCOCCOCCN.CCOCCOCCOCCOCC. The Hall–Kier alpha value is -4.83. The van der Waals surface area contributed by atoms with E-state index in [2.05, 4.69) is 33.2 Å². The molecule has 0 saturated heterocycles. The molecule has 0 unspecified atom stereocenters. The zero-order valence-electron chi connectivity index (χ0n) is 37.4. The van der Waals surface area contributed by atoms with Crippen LogP contribution in [0.2, 0.25) is 0 Å². The molecule has 0 spiro atoms. The third kappa shape index (κ3) is 17.3. The van der Waals surface area contributed by atoms with E-state index in [0.717, 1.165) is 42.9 Å². The minimum absolute atomic E-state index is 0.0240. The molecule has 1 aliphatic heterocycles. The van der Waals surface area contributed by atoms with E-state index in [9.17, 15) is 4.79 Å². The van der Waals surface area contributed by atoms with Crippen LogP contribution in [0.1, 0.15) is 44.4 Å². The summed E-state index contributed by atoms with van der Waals surface area (Å²) in [7, 11) is 0. The number of ether oxygens (including phenoxy) is 8. The number of benzene rings is 2. The number of carbonyl (C=O) groups excluding carboxylic acids is 1. The molecular weight excluding hydrogens is 815 g/mol. The first-order valence-electron chi connectivity index (χ1n) is 21.7. The largest absolute Gasteiger partial charge is 0.424 e. The molecular formula is C44H67N9O10. The zero-order valence-corrected chi connectivity index (χ0v) is 37.4. The van der Waals surface area contributed by atoms with Crippen molar-refractivity contribution in [3.8, 4) is 11.3 Å². The Kier molecular flexibility index (Phi) is 23.8. The maximum absolute atomic E-state index is 12.4. The molecule has 6 N–H and O–H groups in total. The van der Waals surface area contributed by atoms with Crippen LogP contribution in [-0.4, -0.2) is 154 Å². The Morgan fingerprint density at radius 3 is 1.92 bits per heavy atom. The Labute approximate surface area is 369 Å². The minimum Gasteiger partial charge on any atom is -0.424 e. The van der Waals surface area contributed by atoms with Crippen molar-refractivity contribution in [3.63, 3.8) is 0 Å². The average Bonchev–Trinajstić information content (AvgIpc) is 3.87. The van der Waals surface area contributed by atoms with Gasteiger partial charge in [-0.3, -0.25) is 4.79 Å².